The molecule has 0 fully saturated rings. The van der Waals surface area contributed by atoms with Gasteiger partial charge in [-0.25, -0.2) is 0 Å². The van der Waals surface area contributed by atoms with Gasteiger partial charge in [0, 0.05) is 5.01 Å². The monoisotopic (exact) mass is 180 g/mol. The molecule has 0 rings (SSSR count). The standard InChI is InChI=1S/C8H12N4O/c1-7(2,5-9)11-12-8(3,4)6-10-13/h1-4H3. The van der Waals surface area contributed by atoms with E-state index in [9.17, 15) is 5.21 Å². The molecule has 0 atom stereocenters. The van der Waals surface area contributed by atoms with Gasteiger partial charge < -0.3 is 5.21 Å². The smallest absolute Gasteiger partial charge is 0.330 e. The second-order valence-corrected chi connectivity index (χ2v) is 3.63. The Labute approximate surface area is 77.5 Å². The van der Waals surface area contributed by atoms with Crippen LogP contribution in [0.5, 0.6) is 0 Å². The van der Waals surface area contributed by atoms with E-state index in [0.717, 1.165) is 0 Å². The molecular formula is C8H12N4O. The van der Waals surface area contributed by atoms with Gasteiger partial charge >= 0.3 is 6.07 Å². The lowest BCUT2D eigenvalue weighted by Crippen LogP contribution is -2.17. The van der Waals surface area contributed by atoms with Gasteiger partial charge in [0.1, 0.15) is 0 Å². The van der Waals surface area contributed by atoms with E-state index in [1.165, 1.54) is 0 Å². The Bertz CT molecular complexity index is 300. The van der Waals surface area contributed by atoms with Crippen LogP contribution in [0.1, 0.15) is 27.7 Å². The number of nitriles is 1. The van der Waals surface area contributed by atoms with Crippen molar-refractivity contribution in [2.75, 3.05) is 0 Å². The Morgan fingerprint density at radius 2 is 1.62 bits per heavy atom. The molecule has 70 valence electrons. The first-order valence-electron chi connectivity index (χ1n) is 3.78. The van der Waals surface area contributed by atoms with Crippen LogP contribution in [0.2, 0.25) is 0 Å². The molecule has 0 aromatic carbocycles. The summed E-state index contributed by atoms with van der Waals surface area (Å²) in [6.45, 7) is 6.51. The van der Waals surface area contributed by atoms with Crippen molar-refractivity contribution in [1.29, 1.82) is 5.26 Å². The SMILES string of the molecule is CC(C)(C#N)N=NC(C)(C)C#[N+][O-]. The van der Waals surface area contributed by atoms with Crippen molar-refractivity contribution < 1.29 is 0 Å². The summed E-state index contributed by atoms with van der Waals surface area (Å²) in [5, 5.41) is 28.5. The van der Waals surface area contributed by atoms with Gasteiger partial charge in [0.05, 0.1) is 6.07 Å². The molecule has 0 aliphatic heterocycles. The molecule has 13 heavy (non-hydrogen) atoms. The highest BCUT2D eigenvalue weighted by Crippen LogP contribution is 2.14. The van der Waals surface area contributed by atoms with Gasteiger partial charge in [-0.05, 0) is 27.7 Å². The predicted octanol–water partition coefficient (Wildman–Crippen LogP) is 2.35. The Morgan fingerprint density at radius 3 is 2.00 bits per heavy atom. The molecule has 5 nitrogen and oxygen atoms in total. The largest absolute Gasteiger partial charge is 0.498 e. The lowest BCUT2D eigenvalue weighted by atomic mass is 10.1. The number of hydrogen-bond acceptors (Lipinski definition) is 4. The highest BCUT2D eigenvalue weighted by Gasteiger charge is 2.23. The van der Waals surface area contributed by atoms with Crippen molar-refractivity contribution in [1.82, 2.24) is 0 Å². The van der Waals surface area contributed by atoms with E-state index in [-0.39, 0.29) is 0 Å². The zero-order valence-corrected chi connectivity index (χ0v) is 8.20. The van der Waals surface area contributed by atoms with Gasteiger partial charge in [0.15, 0.2) is 5.54 Å². The van der Waals surface area contributed by atoms with Crippen LogP contribution in [0.25, 0.3) is 5.01 Å². The van der Waals surface area contributed by atoms with Crippen LogP contribution in [0.4, 0.5) is 0 Å². The summed E-state index contributed by atoms with van der Waals surface area (Å²) in [5.41, 5.74) is -1.74. The molecule has 0 aliphatic rings. The van der Waals surface area contributed by atoms with E-state index in [4.69, 9.17) is 5.26 Å². The second-order valence-electron chi connectivity index (χ2n) is 3.63. The average Bonchev–Trinajstić information content (AvgIpc) is 2.02. The van der Waals surface area contributed by atoms with Crippen LogP contribution in [0, 0.1) is 22.6 Å². The topological polar surface area (TPSA) is 75.9 Å². The van der Waals surface area contributed by atoms with Gasteiger partial charge in [-0.2, -0.15) is 15.5 Å². The van der Waals surface area contributed by atoms with E-state index in [1.54, 1.807) is 27.7 Å². The van der Waals surface area contributed by atoms with E-state index < -0.39 is 11.1 Å². The minimum atomic E-state index is -0.873. The number of azo groups is 1. The summed E-state index contributed by atoms with van der Waals surface area (Å²) >= 11 is 0. The maximum Gasteiger partial charge on any atom is 0.330 e. The minimum absolute atomic E-state index is 0.865. The molecule has 0 N–H and O–H groups in total. The van der Waals surface area contributed by atoms with Crippen molar-refractivity contribution in [3.05, 3.63) is 10.2 Å². The lowest BCUT2D eigenvalue weighted by molar-refractivity contribution is 0.544. The summed E-state index contributed by atoms with van der Waals surface area (Å²) in [6.07, 6.45) is 0. The van der Waals surface area contributed by atoms with Gasteiger partial charge in [0.2, 0.25) is 5.54 Å². The maximum atomic E-state index is 9.89. The normalized spacial score (nSPS) is 11.9. The first kappa shape index (κ1) is 11.4. The molecule has 0 unspecified atom stereocenters. The predicted molar refractivity (Wildman–Crippen MR) is 49.2 cm³/mol. The quantitative estimate of drug-likeness (QED) is 0.483. The van der Waals surface area contributed by atoms with Gasteiger partial charge in [-0.15, -0.1) is 0 Å². The van der Waals surface area contributed by atoms with Crippen LogP contribution >= 0.6 is 0 Å². The molecule has 0 saturated carbocycles. The zero-order chi connectivity index (χ0) is 10.5. The molecule has 0 bridgehead atoms. The summed E-state index contributed by atoms with van der Waals surface area (Å²) in [7, 11) is 0. The lowest BCUT2D eigenvalue weighted by Gasteiger charge is -2.09. The van der Waals surface area contributed by atoms with Crippen molar-refractivity contribution in [3.63, 3.8) is 0 Å². The number of nitrogens with zero attached hydrogens (tertiary/aromatic N) is 4. The van der Waals surface area contributed by atoms with Crippen LogP contribution in [0.3, 0.4) is 0 Å². The third-order valence-electron chi connectivity index (χ3n) is 1.14. The minimum Gasteiger partial charge on any atom is -0.498 e. The Hall–Kier alpha value is -1.62. The Kier molecular flexibility index (Phi) is 3.38. The molecular weight excluding hydrogens is 168 g/mol. The van der Waals surface area contributed by atoms with Crippen LogP contribution in [-0.4, -0.2) is 11.1 Å². The third kappa shape index (κ3) is 4.76. The molecule has 0 heterocycles. The van der Waals surface area contributed by atoms with E-state index in [2.05, 4.69) is 21.3 Å². The summed E-state index contributed by atoms with van der Waals surface area (Å²) in [4.78, 5) is 0. The van der Waals surface area contributed by atoms with Crippen molar-refractivity contribution >= 4 is 0 Å². The fourth-order valence-corrected chi connectivity index (χ4v) is 0.406. The maximum absolute atomic E-state index is 9.89. The molecule has 0 saturated heterocycles. The van der Waals surface area contributed by atoms with Crippen LogP contribution in [-0.2, 0) is 0 Å². The third-order valence-corrected chi connectivity index (χ3v) is 1.14. The van der Waals surface area contributed by atoms with E-state index in [0.29, 0.717) is 0 Å². The van der Waals surface area contributed by atoms with Crippen LogP contribution < -0.4 is 0 Å². The highest BCUT2D eigenvalue weighted by atomic mass is 16.4. The molecule has 0 aliphatic carbocycles. The molecule has 0 spiro atoms. The van der Waals surface area contributed by atoms with Crippen molar-refractivity contribution in [3.8, 4) is 12.1 Å². The first-order valence-corrected chi connectivity index (χ1v) is 3.78. The Balaban J connectivity index is 4.60. The summed E-state index contributed by atoms with van der Waals surface area (Å²) < 4.78 is 0. The van der Waals surface area contributed by atoms with Crippen LogP contribution in [0.15, 0.2) is 10.2 Å². The van der Waals surface area contributed by atoms with Gasteiger partial charge in [-0.3, -0.25) is 0 Å². The summed E-state index contributed by atoms with van der Waals surface area (Å²) in [5.74, 6) is 0. The molecule has 5 heteroatoms. The highest BCUT2D eigenvalue weighted by molar-refractivity contribution is 5.08. The fourth-order valence-electron chi connectivity index (χ4n) is 0.406. The number of rotatable bonds is 2. The molecule has 0 aromatic heterocycles. The number of hydrogen-bond donors (Lipinski definition) is 0. The molecule has 0 radical (unpaired) electrons. The first-order chi connectivity index (χ1) is 5.83. The van der Waals surface area contributed by atoms with Crippen molar-refractivity contribution in [2.45, 2.75) is 38.8 Å². The van der Waals surface area contributed by atoms with Gasteiger partial charge in [-0.1, -0.05) is 0 Å². The molecule has 0 aromatic rings. The summed E-state index contributed by atoms with van der Waals surface area (Å²) in [6, 6.07) is 4.18. The van der Waals surface area contributed by atoms with E-state index >= 15 is 0 Å². The molecule has 0 amide bonds. The average molecular weight is 180 g/mol. The Morgan fingerprint density at radius 1 is 1.15 bits per heavy atom. The second kappa shape index (κ2) is 3.86. The van der Waals surface area contributed by atoms with Crippen molar-refractivity contribution in [2.24, 2.45) is 10.2 Å². The zero-order valence-electron chi connectivity index (χ0n) is 8.20. The fraction of sp³-hybridized carbons (Fsp3) is 0.750. The van der Waals surface area contributed by atoms with Gasteiger partial charge in [0.25, 0.3) is 0 Å². The van der Waals surface area contributed by atoms with E-state index in [1.807, 2.05) is 6.07 Å².